The first kappa shape index (κ1) is 12.5. The third-order valence-corrected chi connectivity index (χ3v) is 3.33. The molecule has 0 atom stereocenters. The van der Waals surface area contributed by atoms with Crippen LogP contribution in [0.15, 0.2) is 24.8 Å². The zero-order valence-corrected chi connectivity index (χ0v) is 11.3. The molecule has 0 saturated heterocycles. The molecular weight excluding hydrogens is 280 g/mol. The third-order valence-electron chi connectivity index (χ3n) is 2.96. The normalized spacial score (nSPS) is 14.4. The smallest absolute Gasteiger partial charge is 0.297 e. The van der Waals surface area contributed by atoms with E-state index in [0.29, 0.717) is 39.5 Å². The van der Waals surface area contributed by atoms with Gasteiger partial charge in [-0.15, -0.1) is 4.98 Å². The van der Waals surface area contributed by atoms with E-state index < -0.39 is 0 Å². The number of pyridine rings is 1. The molecule has 0 unspecified atom stereocenters. The van der Waals surface area contributed by atoms with E-state index in [-0.39, 0.29) is 0 Å². The summed E-state index contributed by atoms with van der Waals surface area (Å²) in [6, 6.07) is 0. The van der Waals surface area contributed by atoms with Crippen LogP contribution in [0.4, 0.5) is 11.5 Å². The van der Waals surface area contributed by atoms with Crippen molar-refractivity contribution in [1.82, 2.24) is 9.97 Å². The van der Waals surface area contributed by atoms with Crippen LogP contribution in [-0.4, -0.2) is 17.0 Å². The first-order valence-corrected chi connectivity index (χ1v) is 6.18. The molecule has 0 spiro atoms. The first-order chi connectivity index (χ1) is 9.67. The molecule has 0 aromatic carbocycles. The lowest BCUT2D eigenvalue weighted by atomic mass is 10.3. The lowest BCUT2D eigenvalue weighted by Crippen LogP contribution is -2.36. The zero-order chi connectivity index (χ0) is 14.3. The van der Waals surface area contributed by atoms with Gasteiger partial charge in [0.15, 0.2) is 17.2 Å². The van der Waals surface area contributed by atoms with Crippen LogP contribution in [-0.2, 0) is 0 Å². The number of anilines is 2. The van der Waals surface area contributed by atoms with Gasteiger partial charge in [0.05, 0.1) is 6.20 Å². The molecule has 20 heavy (non-hydrogen) atoms. The second kappa shape index (κ2) is 4.53. The maximum absolute atomic E-state index is 6.27. The minimum atomic E-state index is 0.366. The first-order valence-electron chi connectivity index (χ1n) is 5.80. The summed E-state index contributed by atoms with van der Waals surface area (Å²) in [5.41, 5.74) is 12.8. The molecule has 0 saturated carbocycles. The molecule has 5 N–H and O–H groups in total. The van der Waals surface area contributed by atoms with Crippen molar-refractivity contribution < 1.29 is 9.30 Å². The molecule has 0 amide bonds. The van der Waals surface area contributed by atoms with Crippen molar-refractivity contribution >= 4 is 28.9 Å². The minimum Gasteiger partial charge on any atom is -0.449 e. The Hall–Kier alpha value is -2.54. The van der Waals surface area contributed by atoms with Crippen LogP contribution in [0.2, 0.25) is 5.02 Å². The number of nitrogen functional groups attached to an aromatic ring is 1. The number of halogens is 1. The predicted octanol–water partition coefficient (Wildman–Crippen LogP) is 0.680. The summed E-state index contributed by atoms with van der Waals surface area (Å²) in [4.78, 5) is 8.53. The van der Waals surface area contributed by atoms with Crippen LogP contribution in [0.3, 0.4) is 0 Å². The summed E-state index contributed by atoms with van der Waals surface area (Å²) < 4.78 is 7.36. The largest absolute Gasteiger partial charge is 0.449 e. The predicted molar refractivity (Wildman–Crippen MR) is 75.3 cm³/mol. The van der Waals surface area contributed by atoms with Gasteiger partial charge in [-0.1, -0.05) is 11.6 Å². The maximum atomic E-state index is 6.27. The molecule has 1 aliphatic rings. The summed E-state index contributed by atoms with van der Waals surface area (Å²) in [6.45, 7) is 0. The molecule has 2 aromatic rings. The topological polar surface area (TPSA) is 103 Å². The Morgan fingerprint density at radius 3 is 2.85 bits per heavy atom. The number of nitrogens with two attached hydrogens (primary N) is 2. The number of ether oxygens (including phenoxy) is 1. The van der Waals surface area contributed by atoms with Gasteiger partial charge in [0.1, 0.15) is 23.1 Å². The highest BCUT2D eigenvalue weighted by Gasteiger charge is 2.29. The molecule has 0 radical (unpaired) electrons. The number of nitrogens with one attached hydrogen (secondary N) is 1. The van der Waals surface area contributed by atoms with Crippen LogP contribution in [0.25, 0.3) is 11.6 Å². The second-order valence-corrected chi connectivity index (χ2v) is 4.43. The number of hydrogen-bond donors (Lipinski definition) is 3. The van der Waals surface area contributed by atoms with E-state index in [2.05, 4.69) is 15.3 Å². The Kier molecular flexibility index (Phi) is 2.83. The van der Waals surface area contributed by atoms with Gasteiger partial charge in [-0.05, 0) is 0 Å². The Labute approximate surface area is 119 Å². The SMILES string of the molecule is CNc1c(Cl)c2c[n+](c1N)-c1nccnc1/C(=C\N)O2. The fraction of sp³-hybridized carbons (Fsp3) is 0.0833. The molecule has 3 heterocycles. The number of aromatic nitrogens is 3. The van der Waals surface area contributed by atoms with Crippen LogP contribution in [0, 0.1) is 0 Å². The molecule has 3 rings (SSSR count). The molecule has 0 aliphatic carbocycles. The van der Waals surface area contributed by atoms with E-state index in [4.69, 9.17) is 27.8 Å². The van der Waals surface area contributed by atoms with Gasteiger partial charge in [0.25, 0.3) is 5.82 Å². The van der Waals surface area contributed by atoms with Crippen molar-refractivity contribution in [2.45, 2.75) is 0 Å². The van der Waals surface area contributed by atoms with Gasteiger partial charge >= 0.3 is 0 Å². The van der Waals surface area contributed by atoms with Crippen LogP contribution < -0.4 is 26.1 Å². The number of hydrogen-bond acceptors (Lipinski definition) is 6. The number of fused-ring (bicyclic) bond motifs is 4. The molecule has 1 aliphatic heterocycles. The van der Waals surface area contributed by atoms with Crippen molar-refractivity contribution in [3.8, 4) is 11.6 Å². The quantitative estimate of drug-likeness (QED) is 0.668. The monoisotopic (exact) mass is 291 g/mol. The fourth-order valence-electron chi connectivity index (χ4n) is 2.04. The average molecular weight is 292 g/mol. The van der Waals surface area contributed by atoms with E-state index >= 15 is 0 Å². The summed E-state index contributed by atoms with van der Waals surface area (Å²) in [5.74, 6) is 1.71. The summed E-state index contributed by atoms with van der Waals surface area (Å²) in [7, 11) is 1.72. The third kappa shape index (κ3) is 1.64. The van der Waals surface area contributed by atoms with Crippen molar-refractivity contribution in [2.24, 2.45) is 5.73 Å². The Morgan fingerprint density at radius 1 is 1.40 bits per heavy atom. The summed E-state index contributed by atoms with van der Waals surface area (Å²) in [5, 5.41) is 3.32. The minimum absolute atomic E-state index is 0.366. The lowest BCUT2D eigenvalue weighted by Gasteiger charge is -2.10. The number of rotatable bonds is 1. The highest BCUT2D eigenvalue weighted by molar-refractivity contribution is 6.35. The van der Waals surface area contributed by atoms with E-state index in [1.807, 2.05) is 0 Å². The molecular formula is C12H12ClN6O+. The summed E-state index contributed by atoms with van der Waals surface area (Å²) >= 11 is 6.27. The molecule has 0 fully saturated rings. The average Bonchev–Trinajstić information content (AvgIpc) is 2.62. The van der Waals surface area contributed by atoms with Gasteiger partial charge in [-0.2, -0.15) is 4.57 Å². The van der Waals surface area contributed by atoms with Crippen molar-refractivity contribution in [2.75, 3.05) is 18.1 Å². The van der Waals surface area contributed by atoms with Gasteiger partial charge in [-0.25, -0.2) is 4.98 Å². The maximum Gasteiger partial charge on any atom is 0.297 e. The van der Waals surface area contributed by atoms with Gasteiger partial charge in [0.2, 0.25) is 5.82 Å². The van der Waals surface area contributed by atoms with Gasteiger partial charge < -0.3 is 21.5 Å². The standard InChI is InChI=1S/C12H11ClN6O/c1-16-10-8(13)7-5-19(11(10)15)12-9(6(4-14)20-7)17-2-3-18-12/h2-5,15-16H,1H3,(H2,14,17)/p+1. The second-order valence-electron chi connectivity index (χ2n) is 4.05. The van der Waals surface area contributed by atoms with Crippen LogP contribution in [0.5, 0.6) is 5.75 Å². The highest BCUT2D eigenvalue weighted by Crippen LogP contribution is 2.38. The van der Waals surface area contributed by atoms with E-state index in [9.17, 15) is 0 Å². The van der Waals surface area contributed by atoms with Crippen LogP contribution in [0.1, 0.15) is 5.69 Å². The summed E-state index contributed by atoms with van der Waals surface area (Å²) in [6.07, 6.45) is 6.09. The molecule has 2 bridgehead atoms. The van der Waals surface area contributed by atoms with Gasteiger partial charge in [-0.3, -0.25) is 0 Å². The van der Waals surface area contributed by atoms with Crippen LogP contribution >= 0.6 is 11.6 Å². The van der Waals surface area contributed by atoms with Gasteiger partial charge in [0, 0.05) is 13.2 Å². The van der Waals surface area contributed by atoms with Crippen molar-refractivity contribution in [1.29, 1.82) is 0 Å². The van der Waals surface area contributed by atoms with E-state index in [1.54, 1.807) is 30.2 Å². The molecule has 102 valence electrons. The molecule has 2 aromatic heterocycles. The Morgan fingerprint density at radius 2 is 2.15 bits per heavy atom. The number of nitrogens with zero attached hydrogens (tertiary/aromatic N) is 3. The van der Waals surface area contributed by atoms with E-state index in [0.717, 1.165) is 0 Å². The zero-order valence-electron chi connectivity index (χ0n) is 10.6. The highest BCUT2D eigenvalue weighted by atomic mass is 35.5. The Bertz CT molecular complexity index is 730. The molecule has 8 heteroatoms. The lowest BCUT2D eigenvalue weighted by molar-refractivity contribution is -0.583. The van der Waals surface area contributed by atoms with E-state index in [1.165, 1.54) is 6.20 Å². The fourth-order valence-corrected chi connectivity index (χ4v) is 2.32. The molecule has 7 nitrogen and oxygen atoms in total. The Balaban J connectivity index is 2.40. The van der Waals surface area contributed by atoms with Crippen molar-refractivity contribution in [3.05, 3.63) is 35.5 Å². The van der Waals surface area contributed by atoms with Crippen molar-refractivity contribution in [3.63, 3.8) is 0 Å².